The average molecular weight is 293 g/mol. The molecule has 0 spiro atoms. The quantitative estimate of drug-likeness (QED) is 0.834. The van der Waals surface area contributed by atoms with Gasteiger partial charge in [-0.3, -0.25) is 0 Å². The predicted molar refractivity (Wildman–Crippen MR) is 82.0 cm³/mol. The fourth-order valence-electron chi connectivity index (χ4n) is 3.06. The van der Waals surface area contributed by atoms with E-state index >= 15 is 0 Å². The van der Waals surface area contributed by atoms with Crippen LogP contribution < -0.4 is 0 Å². The summed E-state index contributed by atoms with van der Waals surface area (Å²) in [5.41, 5.74) is 0. The lowest BCUT2D eigenvalue weighted by Gasteiger charge is -2.35. The van der Waals surface area contributed by atoms with Gasteiger partial charge < -0.3 is 14.4 Å². The molecule has 0 bridgehead atoms. The summed E-state index contributed by atoms with van der Waals surface area (Å²) < 4.78 is 2.09. The Morgan fingerprint density at radius 1 is 1.38 bits per heavy atom. The molecule has 21 heavy (non-hydrogen) atoms. The fourth-order valence-corrected chi connectivity index (χ4v) is 3.06. The first kappa shape index (κ1) is 15.8. The topological polar surface area (TPSA) is 54.3 Å². The van der Waals surface area contributed by atoms with Crippen LogP contribution in [-0.2, 0) is 13.0 Å². The summed E-state index contributed by atoms with van der Waals surface area (Å²) in [4.78, 5) is 16.4. The molecule has 1 aromatic rings. The van der Waals surface area contributed by atoms with Gasteiger partial charge in [-0.2, -0.15) is 0 Å². The van der Waals surface area contributed by atoms with E-state index in [9.17, 15) is 4.79 Å². The number of piperidine rings is 1. The van der Waals surface area contributed by atoms with Crippen molar-refractivity contribution in [1.82, 2.24) is 24.6 Å². The van der Waals surface area contributed by atoms with E-state index < -0.39 is 0 Å². The van der Waals surface area contributed by atoms with Crippen LogP contribution in [0.1, 0.15) is 39.4 Å². The Labute approximate surface area is 127 Å². The highest BCUT2D eigenvalue weighted by atomic mass is 16.2. The zero-order valence-corrected chi connectivity index (χ0v) is 13.5. The van der Waals surface area contributed by atoms with Crippen LogP contribution in [0.4, 0.5) is 4.79 Å². The molecule has 1 atom stereocenters. The Bertz CT molecular complexity index is 455. The van der Waals surface area contributed by atoms with Gasteiger partial charge in [-0.15, -0.1) is 10.2 Å². The first-order valence-electron chi connectivity index (χ1n) is 8.10. The number of urea groups is 1. The summed E-state index contributed by atoms with van der Waals surface area (Å²) >= 11 is 0. The molecule has 0 aromatic carbocycles. The predicted octanol–water partition coefficient (Wildman–Crippen LogP) is 2.01. The Kier molecular flexibility index (Phi) is 5.59. The van der Waals surface area contributed by atoms with Gasteiger partial charge in [-0.1, -0.05) is 0 Å². The zero-order valence-electron chi connectivity index (χ0n) is 13.5. The van der Waals surface area contributed by atoms with Crippen LogP contribution in [0.3, 0.4) is 0 Å². The SMILES string of the molecule is CCN(CC)C(=O)N1CCCC(Cc2nncn2CC)C1. The van der Waals surface area contributed by atoms with E-state index in [4.69, 9.17) is 0 Å². The number of nitrogens with zero attached hydrogens (tertiary/aromatic N) is 5. The van der Waals surface area contributed by atoms with Crippen LogP contribution in [-0.4, -0.2) is 56.8 Å². The van der Waals surface area contributed by atoms with Crippen LogP contribution in [0, 0.1) is 5.92 Å². The van der Waals surface area contributed by atoms with Gasteiger partial charge in [-0.05, 0) is 39.5 Å². The smallest absolute Gasteiger partial charge is 0.319 e. The van der Waals surface area contributed by atoms with Crippen LogP contribution in [0.5, 0.6) is 0 Å². The molecular formula is C15H27N5O. The summed E-state index contributed by atoms with van der Waals surface area (Å²) in [6, 6.07) is 0.182. The number of carbonyl (C=O) groups excluding carboxylic acids is 1. The second kappa shape index (κ2) is 7.43. The first-order chi connectivity index (χ1) is 10.2. The second-order valence-electron chi connectivity index (χ2n) is 5.65. The van der Waals surface area contributed by atoms with Gasteiger partial charge in [0, 0.05) is 39.1 Å². The third-order valence-electron chi connectivity index (χ3n) is 4.33. The molecule has 6 nitrogen and oxygen atoms in total. The monoisotopic (exact) mass is 293 g/mol. The molecule has 1 aliphatic heterocycles. The van der Waals surface area contributed by atoms with Gasteiger partial charge in [0.1, 0.15) is 12.2 Å². The van der Waals surface area contributed by atoms with Crippen molar-refractivity contribution in [2.45, 2.75) is 46.6 Å². The van der Waals surface area contributed by atoms with Crippen molar-refractivity contribution in [3.63, 3.8) is 0 Å². The summed E-state index contributed by atoms with van der Waals surface area (Å²) in [7, 11) is 0. The molecule has 6 heteroatoms. The minimum absolute atomic E-state index is 0.182. The maximum absolute atomic E-state index is 12.5. The number of amides is 2. The highest BCUT2D eigenvalue weighted by molar-refractivity contribution is 5.74. The van der Waals surface area contributed by atoms with E-state index in [1.165, 1.54) is 6.42 Å². The van der Waals surface area contributed by atoms with Gasteiger partial charge in [0.2, 0.25) is 0 Å². The van der Waals surface area contributed by atoms with Crippen LogP contribution in [0.2, 0.25) is 0 Å². The molecule has 0 aliphatic carbocycles. The molecule has 118 valence electrons. The largest absolute Gasteiger partial charge is 0.325 e. The normalized spacial score (nSPS) is 18.8. The van der Waals surface area contributed by atoms with Crippen molar-refractivity contribution in [3.8, 4) is 0 Å². The molecule has 0 N–H and O–H groups in total. The second-order valence-corrected chi connectivity index (χ2v) is 5.65. The number of rotatable bonds is 5. The van der Waals surface area contributed by atoms with E-state index in [2.05, 4.69) is 21.7 Å². The van der Waals surface area contributed by atoms with Gasteiger partial charge in [0.25, 0.3) is 0 Å². The Morgan fingerprint density at radius 3 is 2.81 bits per heavy atom. The molecular weight excluding hydrogens is 266 g/mol. The molecule has 1 aliphatic rings. The zero-order chi connectivity index (χ0) is 15.2. The number of aromatic nitrogens is 3. The Hall–Kier alpha value is -1.59. The van der Waals surface area contributed by atoms with Crippen molar-refractivity contribution in [2.24, 2.45) is 5.92 Å². The van der Waals surface area contributed by atoms with Gasteiger partial charge in [-0.25, -0.2) is 4.79 Å². The molecule has 1 fully saturated rings. The summed E-state index contributed by atoms with van der Waals surface area (Å²) in [5, 5.41) is 8.21. The van der Waals surface area contributed by atoms with Crippen LogP contribution in [0.15, 0.2) is 6.33 Å². The highest BCUT2D eigenvalue weighted by Gasteiger charge is 2.27. The maximum atomic E-state index is 12.5. The molecule has 1 aromatic heterocycles. The average Bonchev–Trinajstić information content (AvgIpc) is 2.96. The van der Waals surface area contributed by atoms with Crippen LogP contribution >= 0.6 is 0 Å². The lowest BCUT2D eigenvalue weighted by molar-refractivity contribution is 0.131. The number of hydrogen-bond acceptors (Lipinski definition) is 3. The summed E-state index contributed by atoms with van der Waals surface area (Å²) in [6.07, 6.45) is 4.95. The first-order valence-corrected chi connectivity index (χ1v) is 8.10. The van der Waals surface area contributed by atoms with E-state index in [0.29, 0.717) is 5.92 Å². The molecule has 1 unspecified atom stereocenters. The van der Waals surface area contributed by atoms with E-state index in [1.54, 1.807) is 6.33 Å². The highest BCUT2D eigenvalue weighted by Crippen LogP contribution is 2.21. The lowest BCUT2D eigenvalue weighted by atomic mass is 9.94. The number of likely N-dealkylation sites (tertiary alicyclic amines) is 1. The van der Waals surface area contributed by atoms with E-state index in [-0.39, 0.29) is 6.03 Å². The molecule has 1 saturated heterocycles. The lowest BCUT2D eigenvalue weighted by Crippen LogP contribution is -2.47. The molecule has 0 saturated carbocycles. The van der Waals surface area contributed by atoms with Crippen molar-refractivity contribution >= 4 is 6.03 Å². The number of carbonyl (C=O) groups is 1. The maximum Gasteiger partial charge on any atom is 0.319 e. The van der Waals surface area contributed by atoms with Gasteiger partial charge in [0.15, 0.2) is 0 Å². The Morgan fingerprint density at radius 2 is 2.14 bits per heavy atom. The van der Waals surface area contributed by atoms with Crippen molar-refractivity contribution < 1.29 is 4.79 Å². The molecule has 2 amide bonds. The van der Waals surface area contributed by atoms with Crippen molar-refractivity contribution in [3.05, 3.63) is 12.2 Å². The molecule has 2 rings (SSSR count). The standard InChI is InChI=1S/C15H27N5O/c1-4-18(5-2)15(21)20-9-7-8-13(11-20)10-14-17-16-12-19(14)6-3/h12-13H,4-11H2,1-3H3. The van der Waals surface area contributed by atoms with E-state index in [1.807, 2.05) is 23.6 Å². The summed E-state index contributed by atoms with van der Waals surface area (Å²) in [5.74, 6) is 1.53. The third kappa shape index (κ3) is 3.74. The fraction of sp³-hybridized carbons (Fsp3) is 0.800. The van der Waals surface area contributed by atoms with Crippen molar-refractivity contribution in [2.75, 3.05) is 26.2 Å². The minimum Gasteiger partial charge on any atom is -0.325 e. The van der Waals surface area contributed by atoms with Crippen molar-refractivity contribution in [1.29, 1.82) is 0 Å². The number of hydrogen-bond donors (Lipinski definition) is 0. The minimum atomic E-state index is 0.182. The molecule has 2 heterocycles. The van der Waals surface area contributed by atoms with Crippen LogP contribution in [0.25, 0.3) is 0 Å². The Balaban J connectivity index is 1.96. The van der Waals surface area contributed by atoms with Gasteiger partial charge >= 0.3 is 6.03 Å². The summed E-state index contributed by atoms with van der Waals surface area (Å²) in [6.45, 7) is 10.3. The molecule has 0 radical (unpaired) electrons. The van der Waals surface area contributed by atoms with E-state index in [0.717, 1.165) is 51.4 Å². The third-order valence-corrected chi connectivity index (χ3v) is 4.33. The number of aryl methyl sites for hydroxylation is 1. The van der Waals surface area contributed by atoms with Gasteiger partial charge in [0.05, 0.1) is 0 Å².